The van der Waals surface area contributed by atoms with Gasteiger partial charge in [0.15, 0.2) is 0 Å². The van der Waals surface area contributed by atoms with Gasteiger partial charge in [-0.2, -0.15) is 0 Å². The summed E-state index contributed by atoms with van der Waals surface area (Å²) >= 11 is 0. The molecule has 1 aliphatic heterocycles. The van der Waals surface area contributed by atoms with Crippen LogP contribution in [0, 0.1) is 0 Å². The molecule has 0 aliphatic carbocycles. The molecule has 0 atom stereocenters. The first-order valence-corrected chi connectivity index (χ1v) is 3.47. The number of nitrogens with zero attached hydrogens (tertiary/aromatic N) is 2. The highest BCUT2D eigenvalue weighted by Crippen LogP contribution is 2.18. The van der Waals surface area contributed by atoms with E-state index < -0.39 is 0 Å². The molecule has 11 heavy (non-hydrogen) atoms. The Morgan fingerprint density at radius 1 is 1.64 bits per heavy atom. The molecule has 0 saturated carbocycles. The Labute approximate surface area is 64.7 Å². The van der Waals surface area contributed by atoms with Crippen LogP contribution in [0.4, 0.5) is 0 Å². The summed E-state index contributed by atoms with van der Waals surface area (Å²) in [6, 6.07) is 1.77. The normalized spacial score (nSPS) is 15.4. The summed E-state index contributed by atoms with van der Waals surface area (Å²) in [5.41, 5.74) is 1.82. The molecule has 1 aromatic heterocycles. The van der Waals surface area contributed by atoms with Gasteiger partial charge in [-0.25, -0.2) is 0 Å². The molecule has 0 radical (unpaired) electrons. The Morgan fingerprint density at radius 3 is 3.18 bits per heavy atom. The van der Waals surface area contributed by atoms with E-state index in [0.29, 0.717) is 6.54 Å². The number of aromatic nitrogens is 1. The standard InChI is InChI=1S/C8H8N2O/c1-10-5-6-4-9-3-2-7(6)8(10)11/h2-4H,5H2,1H3. The maximum atomic E-state index is 11.3. The highest BCUT2D eigenvalue weighted by atomic mass is 16.2. The molecule has 2 rings (SSSR count). The van der Waals surface area contributed by atoms with Gasteiger partial charge in [0.2, 0.25) is 0 Å². The zero-order chi connectivity index (χ0) is 7.84. The van der Waals surface area contributed by atoms with Crippen LogP contribution >= 0.6 is 0 Å². The summed E-state index contributed by atoms with van der Waals surface area (Å²) in [6.45, 7) is 0.696. The van der Waals surface area contributed by atoms with Crippen molar-refractivity contribution in [3.05, 3.63) is 29.6 Å². The van der Waals surface area contributed by atoms with E-state index in [4.69, 9.17) is 0 Å². The lowest BCUT2D eigenvalue weighted by atomic mass is 10.2. The van der Waals surface area contributed by atoms with Crippen LogP contribution in [-0.2, 0) is 6.54 Å². The fraction of sp³-hybridized carbons (Fsp3) is 0.250. The van der Waals surface area contributed by atoms with E-state index in [9.17, 15) is 4.79 Å². The van der Waals surface area contributed by atoms with Crippen LogP contribution in [-0.4, -0.2) is 22.8 Å². The van der Waals surface area contributed by atoms with Crippen molar-refractivity contribution in [2.24, 2.45) is 0 Å². The van der Waals surface area contributed by atoms with Crippen LogP contribution in [0.5, 0.6) is 0 Å². The van der Waals surface area contributed by atoms with E-state index >= 15 is 0 Å². The van der Waals surface area contributed by atoms with E-state index in [-0.39, 0.29) is 5.91 Å². The largest absolute Gasteiger partial charge is 0.337 e. The fourth-order valence-electron chi connectivity index (χ4n) is 1.29. The molecule has 1 amide bonds. The van der Waals surface area contributed by atoms with Gasteiger partial charge < -0.3 is 4.90 Å². The number of fused-ring (bicyclic) bond motifs is 1. The molecule has 0 bridgehead atoms. The Morgan fingerprint density at radius 2 is 2.45 bits per heavy atom. The van der Waals surface area contributed by atoms with Gasteiger partial charge in [-0.3, -0.25) is 9.78 Å². The van der Waals surface area contributed by atoms with E-state index in [0.717, 1.165) is 11.1 Å². The van der Waals surface area contributed by atoms with Gasteiger partial charge in [0.05, 0.1) is 0 Å². The third-order valence-electron chi connectivity index (χ3n) is 1.89. The molecule has 3 heteroatoms. The second-order valence-electron chi connectivity index (χ2n) is 2.69. The van der Waals surface area contributed by atoms with Gasteiger partial charge in [0, 0.05) is 37.1 Å². The van der Waals surface area contributed by atoms with E-state index in [1.165, 1.54) is 0 Å². The van der Waals surface area contributed by atoms with Crippen molar-refractivity contribution in [3.63, 3.8) is 0 Å². The molecule has 1 aliphatic rings. The van der Waals surface area contributed by atoms with Crippen LogP contribution in [0.15, 0.2) is 18.5 Å². The van der Waals surface area contributed by atoms with Crippen molar-refractivity contribution in [1.29, 1.82) is 0 Å². The molecule has 0 unspecified atom stereocenters. The Balaban J connectivity index is 2.55. The van der Waals surface area contributed by atoms with Crippen LogP contribution in [0.25, 0.3) is 0 Å². The number of hydrogen-bond acceptors (Lipinski definition) is 2. The zero-order valence-electron chi connectivity index (χ0n) is 6.24. The summed E-state index contributed by atoms with van der Waals surface area (Å²) in [5.74, 6) is 0.0994. The topological polar surface area (TPSA) is 33.2 Å². The smallest absolute Gasteiger partial charge is 0.254 e. The summed E-state index contributed by atoms with van der Waals surface area (Å²) in [7, 11) is 1.79. The molecule has 3 nitrogen and oxygen atoms in total. The molecule has 0 saturated heterocycles. The van der Waals surface area contributed by atoms with Gasteiger partial charge in [-0.05, 0) is 6.07 Å². The lowest BCUT2D eigenvalue weighted by Crippen LogP contribution is -2.17. The average Bonchev–Trinajstić information content (AvgIpc) is 2.30. The summed E-state index contributed by atoms with van der Waals surface area (Å²) in [5, 5.41) is 0. The number of carbonyl (C=O) groups is 1. The third kappa shape index (κ3) is 0.808. The van der Waals surface area contributed by atoms with Crippen LogP contribution in [0.1, 0.15) is 15.9 Å². The van der Waals surface area contributed by atoms with Gasteiger partial charge in [-0.15, -0.1) is 0 Å². The highest BCUT2D eigenvalue weighted by molar-refractivity contribution is 5.97. The molecule has 0 fully saturated rings. The number of pyridine rings is 1. The molecule has 0 spiro atoms. The quantitative estimate of drug-likeness (QED) is 0.541. The van der Waals surface area contributed by atoms with Gasteiger partial charge in [0.1, 0.15) is 0 Å². The number of carbonyl (C=O) groups excluding carboxylic acids is 1. The Hall–Kier alpha value is -1.38. The van der Waals surface area contributed by atoms with Crippen molar-refractivity contribution < 1.29 is 4.79 Å². The van der Waals surface area contributed by atoms with Gasteiger partial charge >= 0.3 is 0 Å². The zero-order valence-corrected chi connectivity index (χ0v) is 6.24. The number of hydrogen-bond donors (Lipinski definition) is 0. The second-order valence-corrected chi connectivity index (χ2v) is 2.69. The van der Waals surface area contributed by atoms with Crippen molar-refractivity contribution in [3.8, 4) is 0 Å². The molecule has 56 valence electrons. The predicted molar refractivity (Wildman–Crippen MR) is 40.0 cm³/mol. The van der Waals surface area contributed by atoms with E-state index in [1.807, 2.05) is 0 Å². The van der Waals surface area contributed by atoms with E-state index in [1.54, 1.807) is 30.4 Å². The van der Waals surface area contributed by atoms with Crippen molar-refractivity contribution in [2.75, 3.05) is 7.05 Å². The molecule has 2 heterocycles. The van der Waals surface area contributed by atoms with Crippen LogP contribution in [0.2, 0.25) is 0 Å². The van der Waals surface area contributed by atoms with Crippen molar-refractivity contribution in [2.45, 2.75) is 6.54 Å². The Kier molecular flexibility index (Phi) is 1.18. The summed E-state index contributed by atoms with van der Waals surface area (Å²) < 4.78 is 0. The first-order chi connectivity index (χ1) is 5.29. The number of rotatable bonds is 0. The minimum Gasteiger partial charge on any atom is -0.337 e. The molecular formula is C8H8N2O. The fourth-order valence-corrected chi connectivity index (χ4v) is 1.29. The minimum atomic E-state index is 0.0994. The second kappa shape index (κ2) is 2.05. The first-order valence-electron chi connectivity index (χ1n) is 3.47. The third-order valence-corrected chi connectivity index (χ3v) is 1.89. The molecular weight excluding hydrogens is 140 g/mol. The number of amides is 1. The Bertz CT molecular complexity index is 309. The minimum absolute atomic E-state index is 0.0994. The van der Waals surface area contributed by atoms with Gasteiger partial charge in [-0.1, -0.05) is 0 Å². The van der Waals surface area contributed by atoms with E-state index in [2.05, 4.69) is 4.98 Å². The maximum Gasteiger partial charge on any atom is 0.254 e. The van der Waals surface area contributed by atoms with Crippen molar-refractivity contribution >= 4 is 5.91 Å². The van der Waals surface area contributed by atoms with Gasteiger partial charge in [0.25, 0.3) is 5.91 Å². The SMILES string of the molecule is CN1Cc2cnccc2C1=O. The van der Waals surface area contributed by atoms with Crippen LogP contribution in [0.3, 0.4) is 0 Å². The first kappa shape index (κ1) is 6.34. The summed E-state index contributed by atoms with van der Waals surface area (Å²) in [6.07, 6.45) is 3.40. The lowest BCUT2D eigenvalue weighted by molar-refractivity contribution is 0.0816. The predicted octanol–water partition coefficient (Wildman–Crippen LogP) is 0.667. The highest BCUT2D eigenvalue weighted by Gasteiger charge is 2.23. The molecule has 0 aromatic carbocycles. The molecule has 0 N–H and O–H groups in total. The van der Waals surface area contributed by atoms with Crippen LogP contribution < -0.4 is 0 Å². The van der Waals surface area contributed by atoms with Crippen molar-refractivity contribution in [1.82, 2.24) is 9.88 Å². The summed E-state index contributed by atoms with van der Waals surface area (Å²) in [4.78, 5) is 16.9. The lowest BCUT2D eigenvalue weighted by Gasteiger charge is -2.04. The molecule has 1 aromatic rings. The monoisotopic (exact) mass is 148 g/mol. The average molecular weight is 148 g/mol. The maximum absolute atomic E-state index is 11.3.